The summed E-state index contributed by atoms with van der Waals surface area (Å²) in [6.45, 7) is 1.13. The largest absolute Gasteiger partial charge is 0.353 e. The molecule has 0 spiro atoms. The van der Waals surface area contributed by atoms with Crippen LogP contribution in [0.3, 0.4) is 0 Å². The van der Waals surface area contributed by atoms with Crippen molar-refractivity contribution in [2.24, 2.45) is 0 Å². The lowest BCUT2D eigenvalue weighted by Crippen LogP contribution is -2.47. The molecule has 4 nitrogen and oxygen atoms in total. The molecule has 27 heavy (non-hydrogen) atoms. The van der Waals surface area contributed by atoms with Gasteiger partial charge in [-0.1, -0.05) is 46.9 Å². The molecule has 2 aromatic rings. The topological polar surface area (TPSA) is 49.4 Å². The fourth-order valence-corrected chi connectivity index (χ4v) is 3.62. The lowest BCUT2D eigenvalue weighted by Gasteiger charge is -2.32. The van der Waals surface area contributed by atoms with E-state index in [4.69, 9.17) is 34.8 Å². The maximum Gasteiger partial charge on any atom is 0.255 e. The summed E-state index contributed by atoms with van der Waals surface area (Å²) in [6.07, 6.45) is 1.72. The predicted octanol–water partition coefficient (Wildman–Crippen LogP) is 4.61. The van der Waals surface area contributed by atoms with Crippen LogP contribution in [0.4, 0.5) is 0 Å². The first kappa shape index (κ1) is 20.0. The minimum atomic E-state index is -0.131. The van der Waals surface area contributed by atoms with Crippen molar-refractivity contribution < 1.29 is 9.59 Å². The van der Waals surface area contributed by atoms with Crippen molar-refractivity contribution in [2.75, 3.05) is 13.1 Å². The van der Waals surface area contributed by atoms with E-state index >= 15 is 0 Å². The fourth-order valence-electron chi connectivity index (χ4n) is 3.13. The number of likely N-dealkylation sites (tertiary alicyclic amines) is 1. The van der Waals surface area contributed by atoms with Gasteiger partial charge in [-0.25, -0.2) is 0 Å². The lowest BCUT2D eigenvalue weighted by atomic mass is 10.0. The molecule has 0 radical (unpaired) electrons. The molecule has 1 aliphatic heterocycles. The van der Waals surface area contributed by atoms with Crippen LogP contribution in [0.1, 0.15) is 28.8 Å². The van der Waals surface area contributed by atoms with Gasteiger partial charge in [-0.15, -0.1) is 0 Å². The maximum absolute atomic E-state index is 12.7. The number of carbonyl (C=O) groups excluding carboxylic acids is 2. The van der Waals surface area contributed by atoms with Gasteiger partial charge >= 0.3 is 0 Å². The molecule has 2 aromatic carbocycles. The van der Waals surface area contributed by atoms with Crippen LogP contribution < -0.4 is 5.32 Å². The summed E-state index contributed by atoms with van der Waals surface area (Å²) < 4.78 is 0. The lowest BCUT2D eigenvalue weighted by molar-refractivity contribution is -0.121. The molecule has 7 heteroatoms. The molecule has 0 atom stereocenters. The zero-order chi connectivity index (χ0) is 19.4. The standard InChI is InChI=1S/C20H19Cl3N2O2/c21-14-3-1-13(2-4-14)11-19(26)24-16-7-9-25(10-8-16)20(27)17-12-15(22)5-6-18(17)23/h1-6,12,16H,7-11H2,(H,24,26). The van der Waals surface area contributed by atoms with Gasteiger partial charge in [0.15, 0.2) is 0 Å². The van der Waals surface area contributed by atoms with Crippen LogP contribution in [-0.2, 0) is 11.2 Å². The van der Waals surface area contributed by atoms with Gasteiger partial charge in [-0.05, 0) is 48.7 Å². The number of hydrogen-bond acceptors (Lipinski definition) is 2. The Balaban J connectivity index is 1.51. The molecule has 2 amide bonds. The summed E-state index contributed by atoms with van der Waals surface area (Å²) in [5.41, 5.74) is 1.33. The molecule has 1 fully saturated rings. The third-order valence-electron chi connectivity index (χ3n) is 4.58. The van der Waals surface area contributed by atoms with Gasteiger partial charge in [0.05, 0.1) is 17.0 Å². The van der Waals surface area contributed by atoms with E-state index in [2.05, 4.69) is 5.32 Å². The average Bonchev–Trinajstić information content (AvgIpc) is 2.65. The SMILES string of the molecule is O=C(Cc1ccc(Cl)cc1)NC1CCN(C(=O)c2cc(Cl)ccc2Cl)CC1. The number of nitrogens with one attached hydrogen (secondary N) is 1. The van der Waals surface area contributed by atoms with Gasteiger partial charge in [0.2, 0.25) is 5.91 Å². The van der Waals surface area contributed by atoms with Crippen molar-refractivity contribution >= 4 is 46.6 Å². The maximum atomic E-state index is 12.7. The van der Waals surface area contributed by atoms with Gasteiger partial charge in [0.1, 0.15) is 0 Å². The van der Waals surface area contributed by atoms with E-state index in [9.17, 15) is 9.59 Å². The molecule has 0 unspecified atom stereocenters. The minimum absolute atomic E-state index is 0.0278. The number of carbonyl (C=O) groups is 2. The highest BCUT2D eigenvalue weighted by Crippen LogP contribution is 2.23. The zero-order valence-corrected chi connectivity index (χ0v) is 16.8. The molecule has 0 aromatic heterocycles. The Morgan fingerprint density at radius 2 is 1.59 bits per heavy atom. The highest BCUT2D eigenvalue weighted by Gasteiger charge is 2.25. The van der Waals surface area contributed by atoms with E-state index in [-0.39, 0.29) is 17.9 Å². The Morgan fingerprint density at radius 1 is 0.963 bits per heavy atom. The van der Waals surface area contributed by atoms with E-state index < -0.39 is 0 Å². The molecule has 0 aliphatic carbocycles. The molecule has 0 saturated carbocycles. The highest BCUT2D eigenvalue weighted by atomic mass is 35.5. The van der Waals surface area contributed by atoms with E-state index in [1.807, 2.05) is 12.1 Å². The summed E-state index contributed by atoms with van der Waals surface area (Å²) in [5.74, 6) is -0.159. The fraction of sp³-hybridized carbons (Fsp3) is 0.300. The first-order valence-electron chi connectivity index (χ1n) is 8.70. The average molecular weight is 426 g/mol. The molecule has 1 saturated heterocycles. The van der Waals surface area contributed by atoms with Crippen molar-refractivity contribution in [3.05, 3.63) is 68.7 Å². The number of piperidine rings is 1. The number of rotatable bonds is 4. The molecule has 1 heterocycles. The molecule has 3 rings (SSSR count). The van der Waals surface area contributed by atoms with Crippen molar-refractivity contribution in [3.63, 3.8) is 0 Å². The van der Waals surface area contributed by atoms with Gasteiger partial charge in [0.25, 0.3) is 5.91 Å². The Kier molecular flexibility index (Phi) is 6.64. The summed E-state index contributed by atoms with van der Waals surface area (Å²) in [5, 5.41) is 4.56. The number of nitrogens with zero attached hydrogens (tertiary/aromatic N) is 1. The molecule has 0 bridgehead atoms. The summed E-state index contributed by atoms with van der Waals surface area (Å²) in [7, 11) is 0. The second kappa shape index (κ2) is 8.96. The van der Waals surface area contributed by atoms with Gasteiger partial charge in [-0.3, -0.25) is 9.59 Å². The van der Waals surface area contributed by atoms with Crippen LogP contribution in [0.5, 0.6) is 0 Å². The molecule has 1 aliphatic rings. The summed E-state index contributed by atoms with van der Waals surface area (Å²) in [6, 6.07) is 12.2. The first-order valence-corrected chi connectivity index (χ1v) is 9.84. The van der Waals surface area contributed by atoms with Crippen molar-refractivity contribution in [1.82, 2.24) is 10.2 Å². The number of hydrogen-bond donors (Lipinski definition) is 1. The van der Waals surface area contributed by atoms with Crippen molar-refractivity contribution in [1.29, 1.82) is 0 Å². The highest BCUT2D eigenvalue weighted by molar-refractivity contribution is 6.35. The van der Waals surface area contributed by atoms with E-state index in [1.165, 1.54) is 0 Å². The number of benzene rings is 2. The molecular weight excluding hydrogens is 407 g/mol. The normalized spacial score (nSPS) is 14.9. The summed E-state index contributed by atoms with van der Waals surface area (Å²) in [4.78, 5) is 26.6. The first-order chi connectivity index (χ1) is 12.9. The quantitative estimate of drug-likeness (QED) is 0.777. The summed E-state index contributed by atoms with van der Waals surface area (Å²) >= 11 is 18.0. The van der Waals surface area contributed by atoms with E-state index in [0.29, 0.717) is 53.0 Å². The van der Waals surface area contributed by atoms with Crippen LogP contribution in [0.25, 0.3) is 0 Å². The van der Waals surface area contributed by atoms with Crippen LogP contribution in [0, 0.1) is 0 Å². The van der Waals surface area contributed by atoms with Crippen LogP contribution in [0.15, 0.2) is 42.5 Å². The monoisotopic (exact) mass is 424 g/mol. The molecule has 142 valence electrons. The zero-order valence-electron chi connectivity index (χ0n) is 14.6. The second-order valence-corrected chi connectivity index (χ2v) is 7.84. The Morgan fingerprint density at radius 3 is 2.26 bits per heavy atom. The van der Waals surface area contributed by atoms with Crippen molar-refractivity contribution in [3.8, 4) is 0 Å². The van der Waals surface area contributed by atoms with E-state index in [1.54, 1.807) is 35.2 Å². The van der Waals surface area contributed by atoms with Gasteiger partial charge in [-0.2, -0.15) is 0 Å². The predicted molar refractivity (Wildman–Crippen MR) is 109 cm³/mol. The Labute approximate surface area is 173 Å². The van der Waals surface area contributed by atoms with E-state index in [0.717, 1.165) is 5.56 Å². The second-order valence-electron chi connectivity index (χ2n) is 6.56. The third kappa shape index (κ3) is 5.38. The Hall–Kier alpha value is -1.75. The number of amides is 2. The third-order valence-corrected chi connectivity index (χ3v) is 5.40. The minimum Gasteiger partial charge on any atom is -0.353 e. The smallest absolute Gasteiger partial charge is 0.255 e. The molecule has 1 N–H and O–H groups in total. The number of halogens is 3. The molecular formula is C20H19Cl3N2O2. The van der Waals surface area contributed by atoms with Crippen LogP contribution in [0.2, 0.25) is 15.1 Å². The van der Waals surface area contributed by atoms with Crippen LogP contribution in [-0.4, -0.2) is 35.8 Å². The van der Waals surface area contributed by atoms with Crippen molar-refractivity contribution in [2.45, 2.75) is 25.3 Å². The Bertz CT molecular complexity index is 832. The van der Waals surface area contributed by atoms with Gasteiger partial charge in [0, 0.05) is 29.2 Å². The van der Waals surface area contributed by atoms with Crippen LogP contribution >= 0.6 is 34.8 Å². The van der Waals surface area contributed by atoms with Gasteiger partial charge < -0.3 is 10.2 Å².